The van der Waals surface area contributed by atoms with E-state index >= 15 is 0 Å². The number of nitrogens with zero attached hydrogens (tertiary/aromatic N) is 2. The number of benzene rings is 1. The highest BCUT2D eigenvalue weighted by Crippen LogP contribution is 2.35. The lowest BCUT2D eigenvalue weighted by Crippen LogP contribution is -2.45. The van der Waals surface area contributed by atoms with Gasteiger partial charge in [0.15, 0.2) is 6.17 Å². The number of nitrogens with one attached hydrogen (secondary N) is 1. The van der Waals surface area contributed by atoms with Gasteiger partial charge < -0.3 is 14.6 Å². The van der Waals surface area contributed by atoms with E-state index in [0.717, 1.165) is 24.9 Å². The predicted molar refractivity (Wildman–Crippen MR) is 98.7 cm³/mol. The molecule has 0 radical (unpaired) electrons. The molecule has 0 spiro atoms. The van der Waals surface area contributed by atoms with E-state index in [9.17, 15) is 10.1 Å². The summed E-state index contributed by atoms with van der Waals surface area (Å²) in [6.07, 6.45) is 4.32. The van der Waals surface area contributed by atoms with E-state index in [1.165, 1.54) is 5.56 Å². The summed E-state index contributed by atoms with van der Waals surface area (Å²) in [5, 5.41) is 12.4. The summed E-state index contributed by atoms with van der Waals surface area (Å²) in [4.78, 5) is 14.0. The van der Waals surface area contributed by atoms with Gasteiger partial charge in [0.25, 0.3) is 5.91 Å². The van der Waals surface area contributed by atoms with E-state index in [0.29, 0.717) is 10.8 Å². The smallest absolute Gasteiger partial charge is 0.266 e. The molecule has 1 amide bonds. The van der Waals surface area contributed by atoms with Crippen molar-refractivity contribution < 1.29 is 9.21 Å². The van der Waals surface area contributed by atoms with Gasteiger partial charge in [0.05, 0.1) is 11.3 Å². The van der Waals surface area contributed by atoms with Crippen molar-refractivity contribution in [2.75, 3.05) is 4.90 Å². The Morgan fingerprint density at radius 1 is 1.32 bits per heavy atom. The molecule has 0 bridgehead atoms. The molecule has 1 aromatic heterocycles. The van der Waals surface area contributed by atoms with Crippen LogP contribution in [0.25, 0.3) is 0 Å². The first kappa shape index (κ1) is 17.2. The molecule has 0 fully saturated rings. The normalized spacial score (nSPS) is 17.4. The molecule has 0 aliphatic carbocycles. The first-order valence-corrected chi connectivity index (χ1v) is 8.66. The minimum absolute atomic E-state index is 0.0128. The number of anilines is 1. The molecule has 1 aliphatic heterocycles. The van der Waals surface area contributed by atoms with Crippen LogP contribution in [0.5, 0.6) is 0 Å². The summed E-state index contributed by atoms with van der Waals surface area (Å²) in [7, 11) is 0. The van der Waals surface area contributed by atoms with Crippen molar-refractivity contribution >= 4 is 24.2 Å². The van der Waals surface area contributed by atoms with E-state index in [4.69, 9.17) is 4.42 Å². The molecular formula is C19H19N3O2S. The van der Waals surface area contributed by atoms with Crippen molar-refractivity contribution in [2.45, 2.75) is 32.4 Å². The first-order valence-electron chi connectivity index (χ1n) is 8.21. The number of rotatable bonds is 5. The lowest BCUT2D eigenvalue weighted by molar-refractivity contribution is -0.118. The number of unbranched alkanes of at least 4 members (excludes halogenated alkanes) is 1. The molecule has 1 unspecified atom stereocenters. The van der Waals surface area contributed by atoms with Crippen LogP contribution in [0.2, 0.25) is 0 Å². The quantitative estimate of drug-likeness (QED) is 0.799. The van der Waals surface area contributed by atoms with Gasteiger partial charge in [-0.1, -0.05) is 25.5 Å². The van der Waals surface area contributed by atoms with Gasteiger partial charge in [-0.2, -0.15) is 5.26 Å². The highest BCUT2D eigenvalue weighted by molar-refractivity contribution is 7.84. The monoisotopic (exact) mass is 353 g/mol. The number of hydrogen-bond acceptors (Lipinski definition) is 5. The molecule has 25 heavy (non-hydrogen) atoms. The van der Waals surface area contributed by atoms with Crippen LogP contribution in [-0.4, -0.2) is 5.91 Å². The third-order valence-corrected chi connectivity index (χ3v) is 4.60. The Kier molecular flexibility index (Phi) is 5.15. The van der Waals surface area contributed by atoms with Crippen LogP contribution in [0.1, 0.15) is 37.3 Å². The number of nitriles is 1. The van der Waals surface area contributed by atoms with Crippen LogP contribution in [0, 0.1) is 11.3 Å². The standard InChI is InChI=1S/C19H19N3O2S/c1-2-3-5-13-7-9-14(10-8-13)22-17(16-6-4-11-24-16)21-18(23)15(12-20)19(22)25/h4,6-11,17,25H,2-3,5H2,1H3,(H,21,23). The number of furan rings is 1. The second-order valence-electron chi connectivity index (χ2n) is 5.84. The molecule has 3 rings (SSSR count). The summed E-state index contributed by atoms with van der Waals surface area (Å²) >= 11 is 4.46. The fourth-order valence-electron chi connectivity index (χ4n) is 2.83. The molecule has 1 atom stereocenters. The van der Waals surface area contributed by atoms with Crippen molar-refractivity contribution in [3.8, 4) is 6.07 Å². The van der Waals surface area contributed by atoms with Gasteiger partial charge in [0, 0.05) is 5.69 Å². The van der Waals surface area contributed by atoms with Crippen molar-refractivity contribution in [3.63, 3.8) is 0 Å². The maximum atomic E-state index is 12.2. The molecule has 1 aliphatic rings. The summed E-state index contributed by atoms with van der Waals surface area (Å²) < 4.78 is 5.47. The summed E-state index contributed by atoms with van der Waals surface area (Å²) in [6, 6.07) is 13.5. The van der Waals surface area contributed by atoms with E-state index in [2.05, 4.69) is 37.0 Å². The molecule has 6 heteroatoms. The fraction of sp³-hybridized carbons (Fsp3) is 0.263. The van der Waals surface area contributed by atoms with Gasteiger partial charge in [-0.05, 0) is 42.7 Å². The number of carbonyl (C=O) groups excluding carboxylic acids is 1. The Labute approximate surface area is 152 Å². The average Bonchev–Trinajstić information content (AvgIpc) is 3.15. The highest BCUT2D eigenvalue weighted by Gasteiger charge is 2.35. The zero-order valence-corrected chi connectivity index (χ0v) is 14.8. The molecule has 128 valence electrons. The lowest BCUT2D eigenvalue weighted by Gasteiger charge is -2.36. The third-order valence-electron chi connectivity index (χ3n) is 4.16. The largest absolute Gasteiger partial charge is 0.465 e. The van der Waals surface area contributed by atoms with E-state index in [-0.39, 0.29) is 5.57 Å². The second kappa shape index (κ2) is 7.49. The van der Waals surface area contributed by atoms with Gasteiger partial charge in [-0.25, -0.2) is 0 Å². The minimum Gasteiger partial charge on any atom is -0.465 e. The third kappa shape index (κ3) is 3.42. The SMILES string of the molecule is CCCCc1ccc(N2C(S)=C(C#N)C(=O)NC2c2ccco2)cc1. The fourth-order valence-corrected chi connectivity index (χ4v) is 3.21. The zero-order valence-electron chi connectivity index (χ0n) is 13.9. The molecule has 5 nitrogen and oxygen atoms in total. The van der Waals surface area contributed by atoms with Gasteiger partial charge in [-0.3, -0.25) is 4.79 Å². The second-order valence-corrected chi connectivity index (χ2v) is 6.27. The summed E-state index contributed by atoms with van der Waals surface area (Å²) in [5.41, 5.74) is 2.08. The van der Waals surface area contributed by atoms with Gasteiger partial charge in [0.1, 0.15) is 17.4 Å². The summed E-state index contributed by atoms with van der Waals surface area (Å²) in [5.74, 6) is 0.122. The van der Waals surface area contributed by atoms with Crippen LogP contribution in [0.15, 0.2) is 57.7 Å². The predicted octanol–water partition coefficient (Wildman–Crippen LogP) is 3.92. The Morgan fingerprint density at radius 2 is 2.08 bits per heavy atom. The first-order chi connectivity index (χ1) is 12.2. The van der Waals surface area contributed by atoms with E-state index in [1.54, 1.807) is 23.3 Å². The van der Waals surface area contributed by atoms with Gasteiger partial charge >= 0.3 is 0 Å². The maximum Gasteiger partial charge on any atom is 0.266 e. The molecule has 1 aromatic carbocycles. The molecule has 0 saturated heterocycles. The van der Waals surface area contributed by atoms with Crippen LogP contribution in [-0.2, 0) is 11.2 Å². The number of hydrogen-bond donors (Lipinski definition) is 2. The number of thiol groups is 1. The van der Waals surface area contributed by atoms with Crippen molar-refractivity contribution in [2.24, 2.45) is 0 Å². The van der Waals surface area contributed by atoms with E-state index in [1.807, 2.05) is 18.2 Å². The highest BCUT2D eigenvalue weighted by atomic mass is 32.1. The molecule has 1 N–H and O–H groups in total. The number of aryl methyl sites for hydroxylation is 1. The Balaban J connectivity index is 2.00. The minimum atomic E-state index is -0.548. The maximum absolute atomic E-state index is 12.2. The number of amides is 1. The van der Waals surface area contributed by atoms with Crippen LogP contribution >= 0.6 is 12.6 Å². The Morgan fingerprint density at radius 3 is 2.68 bits per heavy atom. The van der Waals surface area contributed by atoms with Gasteiger partial charge in [0.2, 0.25) is 0 Å². The molecule has 0 saturated carbocycles. The number of carbonyl (C=O) groups is 1. The van der Waals surface area contributed by atoms with Crippen LogP contribution in [0.3, 0.4) is 0 Å². The Bertz CT molecular complexity index is 819. The van der Waals surface area contributed by atoms with Crippen molar-refractivity contribution in [1.82, 2.24) is 5.32 Å². The van der Waals surface area contributed by atoms with Crippen LogP contribution < -0.4 is 10.2 Å². The topological polar surface area (TPSA) is 69.3 Å². The lowest BCUT2D eigenvalue weighted by atomic mass is 10.1. The Hall–Kier alpha value is -2.65. The molecule has 2 aromatic rings. The molecular weight excluding hydrogens is 334 g/mol. The summed E-state index contributed by atoms with van der Waals surface area (Å²) in [6.45, 7) is 2.17. The zero-order chi connectivity index (χ0) is 17.8. The van der Waals surface area contributed by atoms with Crippen molar-refractivity contribution in [1.29, 1.82) is 5.26 Å². The van der Waals surface area contributed by atoms with Crippen LogP contribution in [0.4, 0.5) is 5.69 Å². The van der Waals surface area contributed by atoms with E-state index < -0.39 is 12.1 Å². The average molecular weight is 353 g/mol. The van der Waals surface area contributed by atoms with Crippen molar-refractivity contribution in [3.05, 3.63) is 64.6 Å². The van der Waals surface area contributed by atoms with Gasteiger partial charge in [-0.15, -0.1) is 12.6 Å². The molecule has 2 heterocycles.